The second kappa shape index (κ2) is 12.1. The fourth-order valence-electron chi connectivity index (χ4n) is 9.04. The Hall–Kier alpha value is -6.90. The number of hydrogen-bond acceptors (Lipinski definition) is 2. The minimum absolute atomic E-state index is 0.205. The number of fused-ring (bicyclic) bond motifs is 3. The lowest BCUT2D eigenvalue weighted by Gasteiger charge is -2.28. The van der Waals surface area contributed by atoms with E-state index >= 15 is 0 Å². The summed E-state index contributed by atoms with van der Waals surface area (Å²) in [6, 6.07) is 68.4. The molecule has 0 spiro atoms. The van der Waals surface area contributed by atoms with Gasteiger partial charge in [0.05, 0.1) is 0 Å². The van der Waals surface area contributed by atoms with E-state index in [-0.39, 0.29) is 5.41 Å². The summed E-state index contributed by atoms with van der Waals surface area (Å²) in [7, 11) is 0. The summed E-state index contributed by atoms with van der Waals surface area (Å²) >= 11 is 0. The summed E-state index contributed by atoms with van der Waals surface area (Å²) in [5.74, 6) is 0. The quantitative estimate of drug-likeness (QED) is 0.160. The van der Waals surface area contributed by atoms with Gasteiger partial charge in [0.15, 0.2) is 0 Å². The van der Waals surface area contributed by atoms with Gasteiger partial charge in [-0.25, -0.2) is 0 Å². The van der Waals surface area contributed by atoms with Crippen LogP contribution in [0.4, 0.5) is 17.1 Å². The van der Waals surface area contributed by atoms with Crippen molar-refractivity contribution in [2.24, 2.45) is 0 Å². The molecule has 0 bridgehead atoms. The number of anilines is 3. The van der Waals surface area contributed by atoms with E-state index < -0.39 is 0 Å². The Kier molecular flexibility index (Phi) is 6.93. The summed E-state index contributed by atoms with van der Waals surface area (Å²) in [6.07, 6.45) is 0. The molecular weight excluding hydrogens is 667 g/mol. The molecule has 11 rings (SSSR count). The van der Waals surface area contributed by atoms with Crippen molar-refractivity contribution in [3.63, 3.8) is 0 Å². The summed E-state index contributed by atoms with van der Waals surface area (Å²) < 4.78 is 6.30. The molecule has 0 fully saturated rings. The Bertz CT molecular complexity index is 2940. The number of furan rings is 1. The van der Waals surface area contributed by atoms with Crippen molar-refractivity contribution >= 4 is 49.8 Å². The summed E-state index contributed by atoms with van der Waals surface area (Å²) in [4.78, 5) is 2.39. The van der Waals surface area contributed by atoms with Crippen LogP contribution in [0.15, 0.2) is 192 Å². The van der Waals surface area contributed by atoms with Crippen LogP contribution in [0.5, 0.6) is 0 Å². The second-order valence-corrected chi connectivity index (χ2v) is 15.3. The minimum Gasteiger partial charge on any atom is -0.456 e. The van der Waals surface area contributed by atoms with Gasteiger partial charge < -0.3 is 9.32 Å². The van der Waals surface area contributed by atoms with Gasteiger partial charge in [0, 0.05) is 33.2 Å². The molecule has 0 radical (unpaired) electrons. The Morgan fingerprint density at radius 1 is 0.382 bits per heavy atom. The van der Waals surface area contributed by atoms with E-state index in [1.54, 1.807) is 0 Å². The molecule has 55 heavy (non-hydrogen) atoms. The first-order valence-electron chi connectivity index (χ1n) is 19.1. The van der Waals surface area contributed by atoms with Gasteiger partial charge >= 0.3 is 0 Å². The molecule has 0 saturated carbocycles. The molecular formula is C53H37NO. The largest absolute Gasteiger partial charge is 0.456 e. The van der Waals surface area contributed by atoms with Crippen molar-refractivity contribution in [2.75, 3.05) is 4.90 Å². The maximum atomic E-state index is 6.30. The molecule has 0 N–H and O–H groups in total. The van der Waals surface area contributed by atoms with E-state index in [4.69, 9.17) is 4.42 Å². The lowest BCUT2D eigenvalue weighted by molar-refractivity contribution is 0.660. The van der Waals surface area contributed by atoms with Crippen molar-refractivity contribution in [1.29, 1.82) is 0 Å². The molecule has 0 atom stereocenters. The molecule has 1 aliphatic carbocycles. The highest BCUT2D eigenvalue weighted by molar-refractivity contribution is 6.24. The predicted molar refractivity (Wildman–Crippen MR) is 231 cm³/mol. The number of nitrogens with zero attached hydrogens (tertiary/aromatic N) is 1. The van der Waals surface area contributed by atoms with Crippen LogP contribution in [0.3, 0.4) is 0 Å². The smallest absolute Gasteiger partial charge is 0.136 e. The van der Waals surface area contributed by atoms with Crippen molar-refractivity contribution in [2.45, 2.75) is 19.3 Å². The number of hydrogen-bond donors (Lipinski definition) is 0. The van der Waals surface area contributed by atoms with E-state index in [1.165, 1.54) is 77.2 Å². The highest BCUT2D eigenvalue weighted by Crippen LogP contribution is 2.52. The molecule has 1 aliphatic rings. The zero-order chi connectivity index (χ0) is 36.7. The van der Waals surface area contributed by atoms with Crippen LogP contribution in [0.1, 0.15) is 25.0 Å². The Balaban J connectivity index is 1.01. The summed E-state index contributed by atoms with van der Waals surface area (Å²) in [5.41, 5.74) is 17.7. The minimum atomic E-state index is -0.205. The van der Waals surface area contributed by atoms with Crippen LogP contribution < -0.4 is 4.90 Å². The second-order valence-electron chi connectivity index (χ2n) is 15.3. The molecule has 2 nitrogen and oxygen atoms in total. The van der Waals surface area contributed by atoms with Gasteiger partial charge in [-0.05, 0) is 121 Å². The van der Waals surface area contributed by atoms with Crippen LogP contribution in [-0.2, 0) is 5.41 Å². The van der Waals surface area contributed by atoms with Gasteiger partial charge in [0.1, 0.15) is 11.2 Å². The van der Waals surface area contributed by atoms with Crippen LogP contribution in [0, 0.1) is 0 Å². The first-order valence-corrected chi connectivity index (χ1v) is 19.1. The van der Waals surface area contributed by atoms with E-state index in [0.29, 0.717) is 0 Å². The van der Waals surface area contributed by atoms with Gasteiger partial charge in [-0.3, -0.25) is 0 Å². The molecule has 9 aromatic carbocycles. The first-order chi connectivity index (χ1) is 27.0. The lowest BCUT2D eigenvalue weighted by atomic mass is 9.81. The van der Waals surface area contributed by atoms with Crippen LogP contribution >= 0.6 is 0 Å². The number of rotatable bonds is 6. The number of benzene rings is 9. The Morgan fingerprint density at radius 2 is 0.909 bits per heavy atom. The predicted octanol–water partition coefficient (Wildman–Crippen LogP) is 15.0. The summed E-state index contributed by atoms with van der Waals surface area (Å²) in [6.45, 7) is 4.75. The van der Waals surface area contributed by atoms with Gasteiger partial charge in [-0.15, -0.1) is 0 Å². The van der Waals surface area contributed by atoms with Crippen LogP contribution in [0.2, 0.25) is 0 Å². The third-order valence-corrected chi connectivity index (χ3v) is 11.9. The van der Waals surface area contributed by atoms with E-state index in [1.807, 2.05) is 0 Å². The maximum absolute atomic E-state index is 6.30. The van der Waals surface area contributed by atoms with E-state index in [9.17, 15) is 0 Å². The Morgan fingerprint density at radius 3 is 1.56 bits per heavy atom. The SMILES string of the molecule is CC1(C)c2cc(-c3ccc4oc5cccc6ccc3c4c65)ccc2-c2ccc(N(c3ccc(-c4ccccc4)cc3)c3ccc(-c4ccccc4)cc3)cc21. The summed E-state index contributed by atoms with van der Waals surface area (Å²) in [5, 5.41) is 4.88. The van der Waals surface area contributed by atoms with Gasteiger partial charge in [-0.2, -0.15) is 0 Å². The zero-order valence-electron chi connectivity index (χ0n) is 30.8. The zero-order valence-corrected chi connectivity index (χ0v) is 30.8. The fraction of sp³-hybridized carbons (Fsp3) is 0.0566. The lowest BCUT2D eigenvalue weighted by Crippen LogP contribution is -2.16. The van der Waals surface area contributed by atoms with Crippen molar-refractivity contribution < 1.29 is 4.42 Å². The molecule has 260 valence electrons. The molecule has 0 aliphatic heterocycles. The molecule has 0 saturated heterocycles. The molecule has 1 aromatic heterocycles. The highest BCUT2D eigenvalue weighted by Gasteiger charge is 2.36. The highest BCUT2D eigenvalue weighted by atomic mass is 16.3. The van der Waals surface area contributed by atoms with E-state index in [2.05, 4.69) is 207 Å². The third kappa shape index (κ3) is 4.95. The topological polar surface area (TPSA) is 16.4 Å². The molecule has 10 aromatic rings. The normalized spacial score (nSPS) is 13.1. The maximum Gasteiger partial charge on any atom is 0.136 e. The van der Waals surface area contributed by atoms with Crippen molar-refractivity contribution in [3.05, 3.63) is 199 Å². The average molecular weight is 704 g/mol. The standard InChI is InChI=1S/C53H37NO/c1-53(2)47-32-39(43-30-31-50-52-46(43)28-20-38-14-9-15-49(55-50)51(38)52)21-27-44(47)45-29-26-42(33-48(45)53)54(40-22-16-36(17-23-40)34-10-5-3-6-11-34)41-24-18-37(19-25-41)35-12-7-4-8-13-35/h3-33H,1-2H3. The third-order valence-electron chi connectivity index (χ3n) is 11.9. The van der Waals surface area contributed by atoms with E-state index in [0.717, 1.165) is 28.2 Å². The first kappa shape index (κ1) is 31.6. The average Bonchev–Trinajstić information content (AvgIpc) is 3.73. The van der Waals surface area contributed by atoms with Crippen molar-refractivity contribution in [3.8, 4) is 44.5 Å². The molecule has 0 amide bonds. The molecule has 0 unspecified atom stereocenters. The monoisotopic (exact) mass is 703 g/mol. The van der Waals surface area contributed by atoms with Crippen LogP contribution in [-0.4, -0.2) is 0 Å². The Labute approximate surface area is 320 Å². The fourth-order valence-corrected chi connectivity index (χ4v) is 9.04. The van der Waals surface area contributed by atoms with Gasteiger partial charge in [0.25, 0.3) is 0 Å². The van der Waals surface area contributed by atoms with Gasteiger partial charge in [-0.1, -0.05) is 147 Å². The van der Waals surface area contributed by atoms with Crippen LogP contribution in [0.25, 0.3) is 77.2 Å². The molecule has 1 heterocycles. The van der Waals surface area contributed by atoms with Crippen molar-refractivity contribution in [1.82, 2.24) is 0 Å². The molecule has 2 heteroatoms. The van der Waals surface area contributed by atoms with Gasteiger partial charge in [0.2, 0.25) is 0 Å².